The van der Waals surface area contributed by atoms with Gasteiger partial charge in [0.05, 0.1) is 33.6 Å². The molecule has 0 saturated carbocycles. The topological polar surface area (TPSA) is 34.8 Å². The van der Waals surface area contributed by atoms with Crippen LogP contribution < -0.4 is 4.57 Å². The second-order valence-electron chi connectivity index (χ2n) is 8.81. The Hall–Kier alpha value is -2.40. The first kappa shape index (κ1) is 16.8. The first-order valence-corrected chi connectivity index (χ1v) is 10.1. The molecule has 4 aromatic heterocycles. The second kappa shape index (κ2) is 5.32. The normalized spacial score (nSPS) is 13.0. The fraction of sp³-hybridized carbons (Fsp3) is 0.364. The summed E-state index contributed by atoms with van der Waals surface area (Å²) in [6, 6.07) is 4.38. The highest BCUT2D eigenvalue weighted by molar-refractivity contribution is 7.19. The quantitative estimate of drug-likeness (QED) is 0.289. The van der Waals surface area contributed by atoms with Gasteiger partial charge in [0, 0.05) is 18.5 Å². The van der Waals surface area contributed by atoms with Gasteiger partial charge in [-0.05, 0) is 24.3 Å². The van der Waals surface area contributed by atoms with Crippen LogP contribution in [0.3, 0.4) is 0 Å². The van der Waals surface area contributed by atoms with E-state index >= 15 is 0 Å². The van der Waals surface area contributed by atoms with Crippen LogP contribution in [0.4, 0.5) is 0 Å². The van der Waals surface area contributed by atoms with Crippen molar-refractivity contribution in [2.45, 2.75) is 34.1 Å². The lowest BCUT2D eigenvalue weighted by Gasteiger charge is -2.16. The van der Waals surface area contributed by atoms with Crippen molar-refractivity contribution in [2.75, 3.05) is 0 Å². The molecule has 5 rings (SSSR count). The molecule has 1 aromatic carbocycles. The minimum absolute atomic E-state index is 0.196. The molecule has 138 valence electrons. The van der Waals surface area contributed by atoms with E-state index in [0.29, 0.717) is 0 Å². The van der Waals surface area contributed by atoms with Crippen molar-refractivity contribution in [3.63, 3.8) is 0 Å². The Balaban J connectivity index is 2.03. The summed E-state index contributed by atoms with van der Waals surface area (Å²) in [5.74, 6) is 0. The first-order chi connectivity index (χ1) is 12.7. The molecule has 27 heavy (non-hydrogen) atoms. The maximum absolute atomic E-state index is 6.58. The molecule has 4 nitrogen and oxygen atoms in total. The summed E-state index contributed by atoms with van der Waals surface area (Å²) >= 11 is 1.77. The Kier molecular flexibility index (Phi) is 3.30. The maximum atomic E-state index is 6.58. The molecule has 0 amide bonds. The SMILES string of the molecule is Cc1c2cc[n+](C)c2cc2oc3c(CC(C)(C)C)sc4ncn(C)c(c12)c43. The Morgan fingerprint density at radius 1 is 1.26 bits per heavy atom. The fourth-order valence-corrected chi connectivity index (χ4v) is 5.54. The molecular formula is C22H24N3OS+. The van der Waals surface area contributed by atoms with Crippen molar-refractivity contribution < 1.29 is 8.98 Å². The van der Waals surface area contributed by atoms with E-state index in [1.807, 2.05) is 6.33 Å². The van der Waals surface area contributed by atoms with Crippen LogP contribution >= 0.6 is 11.3 Å². The number of thiophene rings is 1. The number of aryl methyl sites for hydroxylation is 3. The summed E-state index contributed by atoms with van der Waals surface area (Å²) in [4.78, 5) is 7.05. The molecule has 0 saturated heterocycles. The smallest absolute Gasteiger partial charge is 0.216 e. The van der Waals surface area contributed by atoms with E-state index in [-0.39, 0.29) is 5.41 Å². The van der Waals surface area contributed by atoms with Crippen LogP contribution in [0.25, 0.3) is 43.2 Å². The van der Waals surface area contributed by atoms with Crippen molar-refractivity contribution in [1.82, 2.24) is 9.55 Å². The van der Waals surface area contributed by atoms with Crippen LogP contribution in [0, 0.1) is 12.3 Å². The molecule has 0 aliphatic carbocycles. The molecule has 5 heteroatoms. The summed E-state index contributed by atoms with van der Waals surface area (Å²) in [6.07, 6.45) is 5.03. The zero-order chi connectivity index (χ0) is 19.1. The molecule has 0 N–H and O–H groups in total. The average molecular weight is 379 g/mol. The highest BCUT2D eigenvalue weighted by Gasteiger charge is 2.24. The highest BCUT2D eigenvalue weighted by atomic mass is 32.1. The zero-order valence-corrected chi connectivity index (χ0v) is 17.5. The summed E-state index contributed by atoms with van der Waals surface area (Å²) in [5, 5.41) is 3.63. The molecule has 0 unspecified atom stereocenters. The number of rotatable bonds is 1. The van der Waals surface area contributed by atoms with Crippen molar-refractivity contribution in [2.24, 2.45) is 19.5 Å². The number of benzene rings is 1. The number of nitrogens with zero attached hydrogens (tertiary/aromatic N) is 3. The summed E-state index contributed by atoms with van der Waals surface area (Å²) < 4.78 is 10.9. The third kappa shape index (κ3) is 2.34. The summed E-state index contributed by atoms with van der Waals surface area (Å²) in [7, 11) is 4.17. The molecule has 0 bridgehead atoms. The molecular weight excluding hydrogens is 354 g/mol. The van der Waals surface area contributed by atoms with Gasteiger partial charge in [-0.2, -0.15) is 0 Å². The van der Waals surface area contributed by atoms with E-state index in [4.69, 9.17) is 9.40 Å². The fourth-order valence-electron chi connectivity index (χ4n) is 4.17. The highest BCUT2D eigenvalue weighted by Crippen LogP contribution is 2.43. The van der Waals surface area contributed by atoms with Crippen LogP contribution in [0.2, 0.25) is 0 Å². The van der Waals surface area contributed by atoms with Crippen LogP contribution in [-0.2, 0) is 20.5 Å². The van der Waals surface area contributed by atoms with Gasteiger partial charge in [0.25, 0.3) is 0 Å². The standard InChI is InChI=1S/C22H24N3OS/c1-12-13-7-8-24(5)14(13)9-15-17(12)19-18-20(26-15)16(10-22(2,3)4)27-21(18)23-11-25(19)6/h7-9,11H,10H2,1-6H3/q+1. The van der Waals surface area contributed by atoms with Gasteiger partial charge in [-0.1, -0.05) is 20.8 Å². The van der Waals surface area contributed by atoms with Gasteiger partial charge in [0.1, 0.15) is 17.5 Å². The molecule has 0 aliphatic rings. The lowest BCUT2D eigenvalue weighted by molar-refractivity contribution is -0.642. The van der Waals surface area contributed by atoms with Crippen LogP contribution in [0.15, 0.2) is 29.1 Å². The van der Waals surface area contributed by atoms with Crippen LogP contribution in [-0.4, -0.2) is 9.55 Å². The third-order valence-corrected chi connectivity index (χ3v) is 6.48. The lowest BCUT2D eigenvalue weighted by Crippen LogP contribution is -2.24. The van der Waals surface area contributed by atoms with Crippen molar-refractivity contribution in [3.8, 4) is 0 Å². The van der Waals surface area contributed by atoms with Gasteiger partial charge in [0.2, 0.25) is 5.52 Å². The van der Waals surface area contributed by atoms with Gasteiger partial charge >= 0.3 is 0 Å². The van der Waals surface area contributed by atoms with E-state index in [0.717, 1.165) is 27.8 Å². The van der Waals surface area contributed by atoms with Crippen LogP contribution in [0.1, 0.15) is 31.2 Å². The molecule has 0 aliphatic heterocycles. The van der Waals surface area contributed by atoms with Crippen molar-refractivity contribution >= 4 is 54.5 Å². The number of hydrogen-bond donors (Lipinski definition) is 0. The largest absolute Gasteiger partial charge is 0.454 e. The molecule has 0 atom stereocenters. The first-order valence-electron chi connectivity index (χ1n) is 9.31. The summed E-state index contributed by atoms with van der Waals surface area (Å²) in [5.41, 5.74) is 5.84. The van der Waals surface area contributed by atoms with Gasteiger partial charge in [0.15, 0.2) is 11.8 Å². The zero-order valence-electron chi connectivity index (χ0n) is 16.7. The molecule has 0 radical (unpaired) electrons. The predicted molar refractivity (Wildman–Crippen MR) is 112 cm³/mol. The van der Waals surface area contributed by atoms with E-state index in [9.17, 15) is 0 Å². The Morgan fingerprint density at radius 2 is 2.04 bits per heavy atom. The molecule has 4 heterocycles. The number of fused-ring (bicyclic) bond motifs is 3. The van der Waals surface area contributed by atoms with Crippen LogP contribution in [0.5, 0.6) is 0 Å². The minimum Gasteiger partial charge on any atom is -0.454 e. The van der Waals surface area contributed by atoms with Crippen molar-refractivity contribution in [3.05, 3.63) is 35.1 Å². The van der Waals surface area contributed by atoms with E-state index in [2.05, 4.69) is 69.3 Å². The Bertz CT molecular complexity index is 1360. The average Bonchev–Trinajstić information content (AvgIpc) is 3.11. The van der Waals surface area contributed by atoms with Gasteiger partial charge in [-0.3, -0.25) is 0 Å². The number of hydrogen-bond acceptors (Lipinski definition) is 3. The predicted octanol–water partition coefficient (Wildman–Crippen LogP) is 5.41. The lowest BCUT2D eigenvalue weighted by atomic mass is 9.91. The van der Waals surface area contributed by atoms with Crippen molar-refractivity contribution in [1.29, 1.82) is 0 Å². The number of aromatic nitrogens is 3. The van der Waals surface area contributed by atoms with E-state index in [1.54, 1.807) is 11.3 Å². The Morgan fingerprint density at radius 3 is 2.78 bits per heavy atom. The second-order valence-corrected chi connectivity index (χ2v) is 9.90. The Labute approximate surface area is 162 Å². The van der Waals surface area contributed by atoms with E-state index < -0.39 is 0 Å². The molecule has 0 spiro atoms. The maximum Gasteiger partial charge on any atom is 0.216 e. The molecule has 5 aromatic rings. The van der Waals surface area contributed by atoms with Gasteiger partial charge < -0.3 is 8.98 Å². The van der Waals surface area contributed by atoms with E-state index in [1.165, 1.54) is 32.2 Å². The summed E-state index contributed by atoms with van der Waals surface area (Å²) in [6.45, 7) is 9.01. The monoisotopic (exact) mass is 378 g/mol. The van der Waals surface area contributed by atoms with Gasteiger partial charge in [-0.15, -0.1) is 11.3 Å². The van der Waals surface area contributed by atoms with Gasteiger partial charge in [-0.25, -0.2) is 9.55 Å². The molecule has 0 fully saturated rings. The third-order valence-electron chi connectivity index (χ3n) is 5.41. The minimum atomic E-state index is 0.196.